The quantitative estimate of drug-likeness (QED) is 0.258. The first-order chi connectivity index (χ1) is 19.5. The van der Waals surface area contributed by atoms with Crippen LogP contribution in [-0.4, -0.2) is 33.9 Å². The fraction of sp³-hybridized carbons (Fsp3) is 0.300. The van der Waals surface area contributed by atoms with Crippen LogP contribution in [0.4, 0.5) is 25.1 Å². The van der Waals surface area contributed by atoms with Gasteiger partial charge in [0.15, 0.2) is 0 Å². The van der Waals surface area contributed by atoms with Crippen LogP contribution < -0.4 is 20.7 Å². The fourth-order valence-corrected chi connectivity index (χ4v) is 5.33. The SMILES string of the molecule is Cc1cnc(N2CCc3nn(-c4c(C)cccc4OCC(C)C)c(-c4cc(F)c(NC(N)=O)cc4F)c3C2)c(Cl)c1. The lowest BCUT2D eigenvalue weighted by molar-refractivity contribution is 0.259. The van der Waals surface area contributed by atoms with Crippen molar-refractivity contribution in [2.75, 3.05) is 23.4 Å². The number of urea groups is 1. The van der Waals surface area contributed by atoms with E-state index in [4.69, 9.17) is 27.2 Å². The number of nitrogens with one attached hydrogen (secondary N) is 1. The van der Waals surface area contributed by atoms with Gasteiger partial charge in [0.25, 0.3) is 0 Å². The maximum Gasteiger partial charge on any atom is 0.316 e. The molecule has 0 fully saturated rings. The molecule has 4 aromatic rings. The Hall–Kier alpha value is -4.18. The Labute approximate surface area is 242 Å². The summed E-state index contributed by atoms with van der Waals surface area (Å²) in [4.78, 5) is 17.9. The summed E-state index contributed by atoms with van der Waals surface area (Å²) >= 11 is 6.56. The predicted octanol–water partition coefficient (Wildman–Crippen LogP) is 6.57. The number of para-hydroxylation sites is 1. The molecule has 2 aromatic carbocycles. The van der Waals surface area contributed by atoms with E-state index in [0.717, 1.165) is 29.0 Å². The van der Waals surface area contributed by atoms with Gasteiger partial charge in [-0.2, -0.15) is 5.10 Å². The zero-order valence-corrected chi connectivity index (χ0v) is 24.0. The first-order valence-electron chi connectivity index (χ1n) is 13.3. The van der Waals surface area contributed by atoms with Crippen LogP contribution >= 0.6 is 11.6 Å². The molecule has 11 heteroatoms. The number of carbonyl (C=O) groups is 1. The lowest BCUT2D eigenvalue weighted by Gasteiger charge is -2.29. The van der Waals surface area contributed by atoms with Crippen LogP contribution in [0.5, 0.6) is 5.75 Å². The number of nitrogens with two attached hydrogens (primary N) is 1. The molecule has 0 unspecified atom stereocenters. The van der Waals surface area contributed by atoms with Crippen molar-refractivity contribution in [2.45, 2.75) is 40.7 Å². The van der Waals surface area contributed by atoms with Gasteiger partial charge >= 0.3 is 6.03 Å². The molecule has 0 spiro atoms. The molecule has 41 heavy (non-hydrogen) atoms. The molecule has 0 saturated carbocycles. The number of amides is 2. The van der Waals surface area contributed by atoms with Gasteiger partial charge in [0.2, 0.25) is 0 Å². The molecule has 0 saturated heterocycles. The van der Waals surface area contributed by atoms with E-state index in [1.807, 2.05) is 56.9 Å². The smallest absolute Gasteiger partial charge is 0.316 e. The summed E-state index contributed by atoms with van der Waals surface area (Å²) in [7, 11) is 0. The van der Waals surface area contributed by atoms with Gasteiger partial charge < -0.3 is 20.7 Å². The summed E-state index contributed by atoms with van der Waals surface area (Å²) in [5.41, 5.74) is 9.02. The van der Waals surface area contributed by atoms with E-state index in [0.29, 0.717) is 59.7 Å². The maximum atomic E-state index is 15.8. The highest BCUT2D eigenvalue weighted by Gasteiger charge is 2.31. The van der Waals surface area contributed by atoms with E-state index in [-0.39, 0.29) is 17.2 Å². The summed E-state index contributed by atoms with van der Waals surface area (Å²) in [6.07, 6.45) is 2.27. The number of aromatic nitrogens is 3. The van der Waals surface area contributed by atoms with Crippen molar-refractivity contribution in [3.8, 4) is 22.7 Å². The summed E-state index contributed by atoms with van der Waals surface area (Å²) in [6, 6.07) is 8.46. The fourth-order valence-electron chi connectivity index (χ4n) is 4.98. The number of fused-ring (bicyclic) bond motifs is 1. The first kappa shape index (κ1) is 28.4. The molecule has 2 aromatic heterocycles. The number of primary amides is 1. The zero-order valence-electron chi connectivity index (χ0n) is 23.3. The minimum absolute atomic E-state index is 0.0193. The Kier molecular flexibility index (Phi) is 7.86. The Morgan fingerprint density at radius 3 is 2.68 bits per heavy atom. The molecule has 0 atom stereocenters. The van der Waals surface area contributed by atoms with E-state index in [1.54, 1.807) is 10.9 Å². The van der Waals surface area contributed by atoms with Gasteiger partial charge in [0.05, 0.1) is 28.7 Å². The second kappa shape index (κ2) is 11.4. The van der Waals surface area contributed by atoms with Gasteiger partial charge in [0.1, 0.15) is 28.9 Å². The lowest BCUT2D eigenvalue weighted by Crippen LogP contribution is -2.31. The third kappa shape index (κ3) is 5.69. The van der Waals surface area contributed by atoms with Crippen molar-refractivity contribution >= 4 is 29.1 Å². The Balaban J connectivity index is 1.72. The molecule has 3 heterocycles. The van der Waals surface area contributed by atoms with Gasteiger partial charge in [-0.05, 0) is 49.1 Å². The Morgan fingerprint density at radius 2 is 1.98 bits per heavy atom. The Morgan fingerprint density at radius 1 is 1.20 bits per heavy atom. The highest BCUT2D eigenvalue weighted by molar-refractivity contribution is 6.33. The number of carbonyl (C=O) groups excluding carboxylic acids is 1. The second-order valence-electron chi connectivity index (χ2n) is 10.6. The standard InChI is InChI=1S/C30H31ClF2N6O2/c1-16(2)15-41-26-7-5-6-18(4)27(26)39-28(19-11-23(33)25(12-22(19)32)36-30(34)40)20-14-38(9-8-24(20)37-39)29-21(31)10-17(3)13-35-29/h5-7,10-13,16H,8-9,14-15H2,1-4H3,(H3,34,36,40). The number of rotatable bonds is 7. The minimum atomic E-state index is -0.997. The lowest BCUT2D eigenvalue weighted by atomic mass is 9.99. The number of hydrogen-bond donors (Lipinski definition) is 2. The molecule has 3 N–H and O–H groups in total. The van der Waals surface area contributed by atoms with Crippen molar-refractivity contribution in [2.24, 2.45) is 11.7 Å². The molecular weight excluding hydrogens is 550 g/mol. The molecule has 0 radical (unpaired) electrons. The van der Waals surface area contributed by atoms with Crippen molar-refractivity contribution in [1.82, 2.24) is 14.8 Å². The van der Waals surface area contributed by atoms with E-state index >= 15 is 8.78 Å². The summed E-state index contributed by atoms with van der Waals surface area (Å²) in [6.45, 7) is 9.29. The van der Waals surface area contributed by atoms with E-state index in [2.05, 4.69) is 10.3 Å². The number of halogens is 3. The van der Waals surface area contributed by atoms with Crippen LogP contribution in [0.3, 0.4) is 0 Å². The number of hydrogen-bond acceptors (Lipinski definition) is 5. The second-order valence-corrected chi connectivity index (χ2v) is 11.0. The Bertz CT molecular complexity index is 1640. The van der Waals surface area contributed by atoms with Crippen LogP contribution in [0, 0.1) is 31.4 Å². The van der Waals surface area contributed by atoms with E-state index < -0.39 is 17.7 Å². The highest BCUT2D eigenvalue weighted by atomic mass is 35.5. The van der Waals surface area contributed by atoms with E-state index in [1.165, 1.54) is 0 Å². The number of pyridine rings is 1. The molecule has 1 aliphatic rings. The normalized spacial score (nSPS) is 12.9. The van der Waals surface area contributed by atoms with Gasteiger partial charge in [-0.1, -0.05) is 37.6 Å². The number of nitrogens with zero attached hydrogens (tertiary/aromatic N) is 4. The number of anilines is 2. The van der Waals surface area contributed by atoms with Gasteiger partial charge in [-0.15, -0.1) is 0 Å². The molecule has 214 valence electrons. The third-order valence-electron chi connectivity index (χ3n) is 6.85. The van der Waals surface area contributed by atoms with Crippen molar-refractivity contribution in [3.05, 3.63) is 81.6 Å². The zero-order chi connectivity index (χ0) is 29.4. The highest BCUT2D eigenvalue weighted by Crippen LogP contribution is 2.40. The van der Waals surface area contributed by atoms with Gasteiger partial charge in [-0.3, -0.25) is 0 Å². The molecule has 0 bridgehead atoms. The molecular formula is C30H31ClF2N6O2. The molecule has 1 aliphatic heterocycles. The topological polar surface area (TPSA) is 98.3 Å². The van der Waals surface area contributed by atoms with E-state index in [9.17, 15) is 4.79 Å². The van der Waals surface area contributed by atoms with Gasteiger partial charge in [0, 0.05) is 42.9 Å². The first-order valence-corrected chi connectivity index (χ1v) is 13.7. The number of benzene rings is 2. The van der Waals surface area contributed by atoms with Crippen LogP contribution in [0.2, 0.25) is 5.02 Å². The predicted molar refractivity (Wildman–Crippen MR) is 156 cm³/mol. The molecule has 2 amide bonds. The monoisotopic (exact) mass is 580 g/mol. The van der Waals surface area contributed by atoms with Crippen molar-refractivity contribution in [1.29, 1.82) is 0 Å². The average Bonchev–Trinajstić information content (AvgIpc) is 3.27. The van der Waals surface area contributed by atoms with Gasteiger partial charge in [-0.25, -0.2) is 23.2 Å². The third-order valence-corrected chi connectivity index (χ3v) is 7.12. The van der Waals surface area contributed by atoms with Crippen LogP contribution in [0.25, 0.3) is 16.9 Å². The summed E-state index contributed by atoms with van der Waals surface area (Å²) in [5, 5.41) is 7.56. The molecule has 8 nitrogen and oxygen atoms in total. The number of ether oxygens (including phenoxy) is 1. The number of aryl methyl sites for hydroxylation is 2. The minimum Gasteiger partial charge on any atom is -0.491 e. The van der Waals surface area contributed by atoms with Crippen LogP contribution in [0.15, 0.2) is 42.6 Å². The average molecular weight is 581 g/mol. The molecule has 5 rings (SSSR count). The summed E-state index contributed by atoms with van der Waals surface area (Å²) in [5.74, 6) is -0.135. The molecule has 0 aliphatic carbocycles. The van der Waals surface area contributed by atoms with Crippen molar-refractivity contribution in [3.63, 3.8) is 0 Å². The van der Waals surface area contributed by atoms with Crippen molar-refractivity contribution < 1.29 is 18.3 Å². The van der Waals surface area contributed by atoms with Crippen LogP contribution in [0.1, 0.15) is 36.2 Å². The maximum absolute atomic E-state index is 15.8. The summed E-state index contributed by atoms with van der Waals surface area (Å²) < 4.78 is 38.8. The van der Waals surface area contributed by atoms with Crippen LogP contribution in [-0.2, 0) is 13.0 Å². The largest absolute Gasteiger partial charge is 0.491 e.